The summed E-state index contributed by atoms with van der Waals surface area (Å²) in [6.07, 6.45) is 4.18. The van der Waals surface area contributed by atoms with Crippen molar-refractivity contribution in [1.29, 1.82) is 0 Å². The Labute approximate surface area is 110 Å². The predicted molar refractivity (Wildman–Crippen MR) is 73.4 cm³/mol. The van der Waals surface area contributed by atoms with Gasteiger partial charge in [0, 0.05) is 30.6 Å². The number of H-pyrrole nitrogens is 1. The van der Waals surface area contributed by atoms with Crippen LogP contribution in [0, 0.1) is 0 Å². The fraction of sp³-hybridized carbons (Fsp3) is 0.308. The number of hydrogen-bond acceptors (Lipinski definition) is 4. The van der Waals surface area contributed by atoms with Crippen LogP contribution in [0.25, 0.3) is 0 Å². The van der Waals surface area contributed by atoms with E-state index in [0.717, 1.165) is 24.3 Å². The number of nitrogens with zero attached hydrogens (tertiary/aromatic N) is 2. The van der Waals surface area contributed by atoms with Crippen molar-refractivity contribution in [2.75, 3.05) is 11.9 Å². The van der Waals surface area contributed by atoms with Gasteiger partial charge in [-0.05, 0) is 12.5 Å². The smallest absolute Gasteiger partial charge is 0.328 e. The number of rotatable bonds is 5. The number of anilines is 1. The van der Waals surface area contributed by atoms with Crippen molar-refractivity contribution in [2.24, 2.45) is 0 Å². The van der Waals surface area contributed by atoms with E-state index in [0.29, 0.717) is 6.54 Å². The normalized spacial score (nSPS) is 10.4. The molecular formula is C13H16N4O2. The molecule has 0 amide bonds. The standard InChI is InChI=1S/C13H16N4O2/c1-2-6-14-12-10(4-3-7-15-12)9-17-8-5-11(18)16-13(17)19/h3-5,7-8H,2,6,9H2,1H3,(H,14,15)(H,16,18,19). The van der Waals surface area contributed by atoms with Crippen LogP contribution in [0.4, 0.5) is 5.82 Å². The van der Waals surface area contributed by atoms with Gasteiger partial charge in [-0.25, -0.2) is 9.78 Å². The van der Waals surface area contributed by atoms with Crippen LogP contribution in [0.3, 0.4) is 0 Å². The number of pyridine rings is 1. The molecule has 0 fully saturated rings. The predicted octanol–water partition coefficient (Wildman–Crippen LogP) is 0.802. The summed E-state index contributed by atoms with van der Waals surface area (Å²) in [6, 6.07) is 5.06. The summed E-state index contributed by atoms with van der Waals surface area (Å²) in [6.45, 7) is 3.27. The van der Waals surface area contributed by atoms with Crippen LogP contribution in [0.1, 0.15) is 18.9 Å². The van der Waals surface area contributed by atoms with Gasteiger partial charge in [0.15, 0.2) is 0 Å². The van der Waals surface area contributed by atoms with Gasteiger partial charge in [0.1, 0.15) is 5.82 Å². The first kappa shape index (κ1) is 13.1. The van der Waals surface area contributed by atoms with Crippen molar-refractivity contribution in [3.63, 3.8) is 0 Å². The highest BCUT2D eigenvalue weighted by molar-refractivity contribution is 5.43. The zero-order chi connectivity index (χ0) is 13.7. The second-order valence-corrected chi connectivity index (χ2v) is 4.18. The SMILES string of the molecule is CCCNc1ncccc1Cn1ccc(=O)[nH]c1=O. The molecule has 2 aromatic rings. The van der Waals surface area contributed by atoms with Gasteiger partial charge in [0.2, 0.25) is 0 Å². The molecule has 2 rings (SSSR count). The maximum atomic E-state index is 11.6. The van der Waals surface area contributed by atoms with E-state index in [4.69, 9.17) is 0 Å². The van der Waals surface area contributed by atoms with Gasteiger partial charge in [-0.15, -0.1) is 0 Å². The Kier molecular flexibility index (Phi) is 4.12. The first-order chi connectivity index (χ1) is 9.20. The third-order valence-electron chi connectivity index (χ3n) is 2.67. The van der Waals surface area contributed by atoms with Crippen LogP contribution >= 0.6 is 0 Å². The lowest BCUT2D eigenvalue weighted by atomic mass is 10.2. The van der Waals surface area contributed by atoms with Gasteiger partial charge in [0.25, 0.3) is 5.56 Å². The largest absolute Gasteiger partial charge is 0.370 e. The first-order valence-corrected chi connectivity index (χ1v) is 6.18. The van der Waals surface area contributed by atoms with Gasteiger partial charge in [-0.3, -0.25) is 14.3 Å². The molecule has 0 radical (unpaired) electrons. The van der Waals surface area contributed by atoms with Crippen molar-refractivity contribution >= 4 is 5.82 Å². The lowest BCUT2D eigenvalue weighted by Crippen LogP contribution is -2.29. The second kappa shape index (κ2) is 5.99. The molecular weight excluding hydrogens is 244 g/mol. The Morgan fingerprint density at radius 1 is 1.37 bits per heavy atom. The van der Waals surface area contributed by atoms with Crippen molar-refractivity contribution in [2.45, 2.75) is 19.9 Å². The Hall–Kier alpha value is -2.37. The molecule has 0 aliphatic carbocycles. The highest BCUT2D eigenvalue weighted by Crippen LogP contribution is 2.12. The summed E-state index contributed by atoms with van der Waals surface area (Å²) >= 11 is 0. The molecule has 100 valence electrons. The van der Waals surface area contributed by atoms with Crippen molar-refractivity contribution in [3.05, 3.63) is 57.0 Å². The minimum absolute atomic E-state index is 0.371. The first-order valence-electron chi connectivity index (χ1n) is 6.18. The summed E-state index contributed by atoms with van der Waals surface area (Å²) in [5.41, 5.74) is 0.0969. The molecule has 6 heteroatoms. The zero-order valence-corrected chi connectivity index (χ0v) is 10.7. The second-order valence-electron chi connectivity index (χ2n) is 4.18. The van der Waals surface area contributed by atoms with E-state index in [1.807, 2.05) is 12.1 Å². The van der Waals surface area contributed by atoms with E-state index in [9.17, 15) is 9.59 Å². The van der Waals surface area contributed by atoms with Gasteiger partial charge < -0.3 is 5.32 Å². The van der Waals surface area contributed by atoms with Gasteiger partial charge in [-0.1, -0.05) is 13.0 Å². The fourth-order valence-corrected chi connectivity index (χ4v) is 1.72. The molecule has 0 atom stereocenters. The number of hydrogen-bond donors (Lipinski definition) is 2. The van der Waals surface area contributed by atoms with E-state index < -0.39 is 11.2 Å². The summed E-state index contributed by atoms with van der Waals surface area (Å²) in [7, 11) is 0. The maximum absolute atomic E-state index is 11.6. The highest BCUT2D eigenvalue weighted by atomic mass is 16.2. The monoisotopic (exact) mass is 260 g/mol. The molecule has 0 saturated carbocycles. The Bertz CT molecular complexity index is 660. The van der Waals surface area contributed by atoms with Gasteiger partial charge >= 0.3 is 5.69 Å². The molecule has 0 bridgehead atoms. The lowest BCUT2D eigenvalue weighted by molar-refractivity contribution is 0.718. The number of aromatic amines is 1. The van der Waals surface area contributed by atoms with Crippen LogP contribution in [0.5, 0.6) is 0 Å². The molecule has 0 aromatic carbocycles. The number of nitrogens with one attached hydrogen (secondary N) is 2. The molecule has 6 nitrogen and oxygen atoms in total. The van der Waals surface area contributed by atoms with Crippen LogP contribution in [-0.4, -0.2) is 21.1 Å². The van der Waals surface area contributed by atoms with Crippen molar-refractivity contribution in [1.82, 2.24) is 14.5 Å². The summed E-state index contributed by atoms with van der Waals surface area (Å²) in [5.74, 6) is 0.766. The molecule has 0 aliphatic heterocycles. The quantitative estimate of drug-likeness (QED) is 0.833. The average molecular weight is 260 g/mol. The van der Waals surface area contributed by atoms with Crippen LogP contribution in [0.2, 0.25) is 0 Å². The Balaban J connectivity index is 2.27. The third kappa shape index (κ3) is 3.31. The highest BCUT2D eigenvalue weighted by Gasteiger charge is 2.04. The van der Waals surface area contributed by atoms with E-state index in [-0.39, 0.29) is 0 Å². The molecule has 2 heterocycles. The molecule has 19 heavy (non-hydrogen) atoms. The minimum atomic E-state index is -0.419. The topological polar surface area (TPSA) is 79.8 Å². The van der Waals surface area contributed by atoms with E-state index in [1.165, 1.54) is 16.8 Å². The summed E-state index contributed by atoms with van der Waals surface area (Å²) in [5, 5.41) is 3.22. The fourth-order valence-electron chi connectivity index (χ4n) is 1.72. The molecule has 0 unspecified atom stereocenters. The zero-order valence-electron chi connectivity index (χ0n) is 10.7. The molecule has 0 spiro atoms. The van der Waals surface area contributed by atoms with E-state index in [2.05, 4.69) is 22.2 Å². The molecule has 0 aliphatic rings. The summed E-state index contributed by atoms with van der Waals surface area (Å²) < 4.78 is 1.44. The van der Waals surface area contributed by atoms with Crippen molar-refractivity contribution in [3.8, 4) is 0 Å². The average Bonchev–Trinajstić information content (AvgIpc) is 2.41. The van der Waals surface area contributed by atoms with Crippen LogP contribution in [0.15, 0.2) is 40.2 Å². The van der Waals surface area contributed by atoms with E-state index in [1.54, 1.807) is 6.20 Å². The molecule has 2 aromatic heterocycles. The van der Waals surface area contributed by atoms with Gasteiger partial charge in [-0.2, -0.15) is 0 Å². The Morgan fingerprint density at radius 2 is 2.21 bits per heavy atom. The Morgan fingerprint density at radius 3 is 2.95 bits per heavy atom. The van der Waals surface area contributed by atoms with Gasteiger partial charge in [0.05, 0.1) is 6.54 Å². The molecule has 0 saturated heterocycles. The number of aromatic nitrogens is 3. The van der Waals surface area contributed by atoms with Crippen molar-refractivity contribution < 1.29 is 0 Å². The molecule has 2 N–H and O–H groups in total. The summed E-state index contributed by atoms with van der Waals surface area (Å²) in [4.78, 5) is 29.1. The van der Waals surface area contributed by atoms with Crippen LogP contribution in [-0.2, 0) is 6.54 Å². The van der Waals surface area contributed by atoms with Crippen LogP contribution < -0.4 is 16.6 Å². The third-order valence-corrected chi connectivity index (χ3v) is 2.67. The van der Waals surface area contributed by atoms with E-state index >= 15 is 0 Å². The lowest BCUT2D eigenvalue weighted by Gasteiger charge is -2.11. The maximum Gasteiger partial charge on any atom is 0.328 e. The minimum Gasteiger partial charge on any atom is -0.370 e.